The largest absolute Gasteiger partial charge is 0.497 e. The van der Waals surface area contributed by atoms with Crippen LogP contribution in [0.25, 0.3) is 0 Å². The number of halogens is 2. The van der Waals surface area contributed by atoms with Crippen molar-refractivity contribution < 1.29 is 13.5 Å². The van der Waals surface area contributed by atoms with E-state index in [1.807, 2.05) is 30.3 Å². The number of hydrogen-bond donors (Lipinski definition) is 1. The van der Waals surface area contributed by atoms with Crippen LogP contribution in [0.15, 0.2) is 42.5 Å². The van der Waals surface area contributed by atoms with E-state index in [0.717, 1.165) is 23.4 Å². The smallest absolute Gasteiger partial charge is 0.159 e. The molecule has 0 heterocycles. The zero-order chi connectivity index (χ0) is 15.2. The molecule has 0 radical (unpaired) electrons. The molecular weight excluding hydrogens is 274 g/mol. The van der Waals surface area contributed by atoms with Gasteiger partial charge in [0.15, 0.2) is 11.6 Å². The molecule has 0 bridgehead atoms. The van der Waals surface area contributed by atoms with Crippen LogP contribution in [-0.4, -0.2) is 7.11 Å². The van der Waals surface area contributed by atoms with Crippen molar-refractivity contribution in [2.45, 2.75) is 12.6 Å². The standard InChI is InChI=1S/C16H14F2N2O/c1-21-13-5-2-11(3-6-13)10-20-16(9-19)12-4-7-14(17)15(18)8-12/h2-8,16,20H,10H2,1H3. The SMILES string of the molecule is COc1ccc(CNC(C#N)c2ccc(F)c(F)c2)cc1. The summed E-state index contributed by atoms with van der Waals surface area (Å²) < 4.78 is 31.2. The zero-order valence-electron chi connectivity index (χ0n) is 11.4. The van der Waals surface area contributed by atoms with Gasteiger partial charge in [-0.1, -0.05) is 18.2 Å². The predicted octanol–water partition coefficient (Wildman–Crippen LogP) is 3.33. The molecule has 2 aromatic carbocycles. The minimum atomic E-state index is -0.959. The summed E-state index contributed by atoms with van der Waals surface area (Å²) in [5, 5.41) is 12.1. The van der Waals surface area contributed by atoms with Gasteiger partial charge in [-0.25, -0.2) is 8.78 Å². The average molecular weight is 288 g/mol. The maximum atomic E-state index is 13.2. The van der Waals surface area contributed by atoms with Crippen LogP contribution in [0.5, 0.6) is 5.75 Å². The highest BCUT2D eigenvalue weighted by Gasteiger charge is 2.12. The van der Waals surface area contributed by atoms with Gasteiger partial charge in [-0.05, 0) is 35.4 Å². The van der Waals surface area contributed by atoms with E-state index in [0.29, 0.717) is 12.1 Å². The number of rotatable bonds is 5. The number of benzene rings is 2. The summed E-state index contributed by atoms with van der Waals surface area (Å²) >= 11 is 0. The second kappa shape index (κ2) is 6.82. The van der Waals surface area contributed by atoms with Crippen molar-refractivity contribution in [3.8, 4) is 11.8 Å². The van der Waals surface area contributed by atoms with Gasteiger partial charge >= 0.3 is 0 Å². The van der Waals surface area contributed by atoms with Crippen LogP contribution in [0.2, 0.25) is 0 Å². The molecule has 0 fully saturated rings. The van der Waals surface area contributed by atoms with Gasteiger partial charge in [0.1, 0.15) is 11.8 Å². The average Bonchev–Trinajstić information content (AvgIpc) is 2.52. The first-order chi connectivity index (χ1) is 10.1. The molecular formula is C16H14F2N2O. The molecule has 5 heteroatoms. The summed E-state index contributed by atoms with van der Waals surface area (Å²) in [7, 11) is 1.59. The molecule has 0 aromatic heterocycles. The highest BCUT2D eigenvalue weighted by atomic mass is 19.2. The highest BCUT2D eigenvalue weighted by molar-refractivity contribution is 5.28. The molecule has 0 spiro atoms. The first-order valence-electron chi connectivity index (χ1n) is 6.35. The van der Waals surface area contributed by atoms with E-state index < -0.39 is 17.7 Å². The lowest BCUT2D eigenvalue weighted by Crippen LogP contribution is -2.19. The Balaban J connectivity index is 2.05. The third-order valence-electron chi connectivity index (χ3n) is 3.08. The molecule has 0 aliphatic heterocycles. The Morgan fingerprint density at radius 2 is 1.86 bits per heavy atom. The third kappa shape index (κ3) is 3.77. The number of methoxy groups -OCH3 is 1. The molecule has 0 aliphatic rings. The second-order valence-electron chi connectivity index (χ2n) is 4.46. The second-order valence-corrected chi connectivity index (χ2v) is 4.46. The molecule has 0 aliphatic carbocycles. The van der Waals surface area contributed by atoms with Crippen molar-refractivity contribution in [1.29, 1.82) is 5.26 Å². The van der Waals surface area contributed by atoms with Crippen LogP contribution in [0.1, 0.15) is 17.2 Å². The maximum absolute atomic E-state index is 13.2. The van der Waals surface area contributed by atoms with Gasteiger partial charge in [-0.2, -0.15) is 5.26 Å². The Kier molecular flexibility index (Phi) is 4.85. The fourth-order valence-electron chi connectivity index (χ4n) is 1.89. The van der Waals surface area contributed by atoms with Crippen LogP contribution in [0.4, 0.5) is 8.78 Å². The van der Waals surface area contributed by atoms with Crippen LogP contribution >= 0.6 is 0 Å². The van der Waals surface area contributed by atoms with Gasteiger partial charge in [0, 0.05) is 6.54 Å². The lowest BCUT2D eigenvalue weighted by atomic mass is 10.1. The van der Waals surface area contributed by atoms with Crippen LogP contribution in [0, 0.1) is 23.0 Å². The quantitative estimate of drug-likeness (QED) is 0.918. The van der Waals surface area contributed by atoms with E-state index in [4.69, 9.17) is 10.00 Å². The Labute approximate surface area is 121 Å². The minimum absolute atomic E-state index is 0.393. The number of nitrogens with zero attached hydrogens (tertiary/aromatic N) is 1. The Hall–Kier alpha value is -2.45. The fourth-order valence-corrected chi connectivity index (χ4v) is 1.89. The van der Waals surface area contributed by atoms with Crippen LogP contribution in [0.3, 0.4) is 0 Å². The van der Waals surface area contributed by atoms with Gasteiger partial charge in [-0.15, -0.1) is 0 Å². The number of nitrogens with one attached hydrogen (secondary N) is 1. The zero-order valence-corrected chi connectivity index (χ0v) is 11.4. The van der Waals surface area contributed by atoms with Crippen LogP contribution < -0.4 is 10.1 Å². The van der Waals surface area contributed by atoms with Crippen molar-refractivity contribution in [3.05, 3.63) is 65.2 Å². The van der Waals surface area contributed by atoms with E-state index in [2.05, 4.69) is 5.32 Å². The lowest BCUT2D eigenvalue weighted by Gasteiger charge is -2.12. The third-order valence-corrected chi connectivity index (χ3v) is 3.08. The van der Waals surface area contributed by atoms with Crippen LogP contribution in [-0.2, 0) is 6.54 Å². The van der Waals surface area contributed by atoms with Gasteiger partial charge in [0.25, 0.3) is 0 Å². The van der Waals surface area contributed by atoms with Crippen molar-refractivity contribution in [1.82, 2.24) is 5.32 Å². The van der Waals surface area contributed by atoms with Crippen molar-refractivity contribution in [2.24, 2.45) is 0 Å². The number of ether oxygens (including phenoxy) is 1. The molecule has 2 rings (SSSR count). The molecule has 0 amide bonds. The summed E-state index contributed by atoms with van der Waals surface area (Å²) in [4.78, 5) is 0. The number of nitriles is 1. The van der Waals surface area contributed by atoms with E-state index >= 15 is 0 Å². The Bertz CT molecular complexity index is 650. The van der Waals surface area contributed by atoms with E-state index in [1.165, 1.54) is 6.07 Å². The van der Waals surface area contributed by atoms with Gasteiger partial charge in [-0.3, -0.25) is 5.32 Å². The van der Waals surface area contributed by atoms with Crippen molar-refractivity contribution >= 4 is 0 Å². The maximum Gasteiger partial charge on any atom is 0.159 e. The molecule has 1 N–H and O–H groups in total. The monoisotopic (exact) mass is 288 g/mol. The van der Waals surface area contributed by atoms with E-state index in [-0.39, 0.29) is 0 Å². The molecule has 1 unspecified atom stereocenters. The van der Waals surface area contributed by atoms with Gasteiger partial charge in [0.2, 0.25) is 0 Å². The summed E-state index contributed by atoms with van der Waals surface area (Å²) in [6.07, 6.45) is 0. The Morgan fingerprint density at radius 1 is 1.14 bits per heavy atom. The van der Waals surface area contributed by atoms with Crippen molar-refractivity contribution in [3.63, 3.8) is 0 Å². The first kappa shape index (κ1) is 14.9. The Morgan fingerprint density at radius 3 is 2.43 bits per heavy atom. The van der Waals surface area contributed by atoms with Gasteiger partial charge in [0.05, 0.1) is 13.2 Å². The predicted molar refractivity (Wildman–Crippen MR) is 74.5 cm³/mol. The summed E-state index contributed by atoms with van der Waals surface area (Å²) in [6, 6.07) is 12.1. The van der Waals surface area contributed by atoms with Gasteiger partial charge < -0.3 is 4.74 Å². The summed E-state index contributed by atoms with van der Waals surface area (Å²) in [5.74, 6) is -1.14. The van der Waals surface area contributed by atoms with Crippen molar-refractivity contribution in [2.75, 3.05) is 7.11 Å². The van der Waals surface area contributed by atoms with E-state index in [9.17, 15) is 8.78 Å². The summed E-state index contributed by atoms with van der Waals surface area (Å²) in [5.41, 5.74) is 1.35. The number of hydrogen-bond acceptors (Lipinski definition) is 3. The first-order valence-corrected chi connectivity index (χ1v) is 6.35. The molecule has 2 aromatic rings. The molecule has 0 saturated heterocycles. The molecule has 3 nitrogen and oxygen atoms in total. The lowest BCUT2D eigenvalue weighted by molar-refractivity contribution is 0.414. The molecule has 108 valence electrons. The van der Waals surface area contributed by atoms with E-state index in [1.54, 1.807) is 7.11 Å². The highest BCUT2D eigenvalue weighted by Crippen LogP contribution is 2.17. The minimum Gasteiger partial charge on any atom is -0.497 e. The summed E-state index contributed by atoms with van der Waals surface area (Å²) in [6.45, 7) is 0.432. The normalized spacial score (nSPS) is 11.7. The molecule has 21 heavy (non-hydrogen) atoms. The molecule has 1 atom stereocenters. The topological polar surface area (TPSA) is 45.0 Å². The fraction of sp³-hybridized carbons (Fsp3) is 0.188. The molecule has 0 saturated carbocycles.